The summed E-state index contributed by atoms with van der Waals surface area (Å²) in [5.41, 5.74) is 1.72. The van der Waals surface area contributed by atoms with Crippen LogP contribution in [0, 0.1) is 12.3 Å². The van der Waals surface area contributed by atoms with Crippen molar-refractivity contribution < 1.29 is 9.53 Å². The number of carbonyl (C=O) groups excluding carboxylic acids is 1. The maximum absolute atomic E-state index is 12.7. The van der Waals surface area contributed by atoms with Gasteiger partial charge in [-0.1, -0.05) is 18.1 Å². The van der Waals surface area contributed by atoms with Crippen LogP contribution in [-0.4, -0.2) is 55.2 Å². The highest BCUT2D eigenvalue weighted by Gasteiger charge is 2.26. The third-order valence-electron chi connectivity index (χ3n) is 4.03. The molecule has 2 atom stereocenters. The zero-order chi connectivity index (χ0) is 18.9. The third-order valence-corrected chi connectivity index (χ3v) is 4.03. The first-order valence-corrected chi connectivity index (χ1v) is 9.02. The van der Waals surface area contributed by atoms with Gasteiger partial charge in [0.05, 0.1) is 25.3 Å². The molecule has 1 saturated heterocycles. The van der Waals surface area contributed by atoms with Crippen molar-refractivity contribution in [2.45, 2.75) is 39.5 Å². The molecule has 0 radical (unpaired) electrons. The second kappa shape index (κ2) is 11.8. The molecule has 1 aromatic rings. The minimum absolute atomic E-state index is 0. The van der Waals surface area contributed by atoms with Crippen LogP contribution in [0.1, 0.15) is 36.7 Å². The molecule has 1 amide bonds. The Kier molecular flexibility index (Phi) is 10.2. The highest BCUT2D eigenvalue weighted by Crippen LogP contribution is 2.15. The van der Waals surface area contributed by atoms with Gasteiger partial charge in [0, 0.05) is 25.2 Å². The lowest BCUT2D eigenvalue weighted by Crippen LogP contribution is -2.48. The molecule has 2 N–H and O–H groups in total. The largest absolute Gasteiger partial charge is 0.372 e. The fraction of sp³-hybridized carbons (Fsp3) is 0.500. The molecule has 2 rings (SSSR count). The van der Waals surface area contributed by atoms with Crippen molar-refractivity contribution in [3.8, 4) is 12.3 Å². The van der Waals surface area contributed by atoms with Crippen LogP contribution in [0.2, 0.25) is 0 Å². The normalized spacial score (nSPS) is 19.6. The molecule has 0 aliphatic carbocycles. The van der Waals surface area contributed by atoms with Crippen LogP contribution in [0.3, 0.4) is 0 Å². The highest BCUT2D eigenvalue weighted by molar-refractivity contribution is 14.0. The number of carbonyl (C=O) groups is 1. The molecule has 27 heavy (non-hydrogen) atoms. The zero-order valence-corrected chi connectivity index (χ0v) is 18.5. The molecule has 1 aromatic carbocycles. The van der Waals surface area contributed by atoms with E-state index >= 15 is 0 Å². The molecule has 0 spiro atoms. The molecule has 1 heterocycles. The van der Waals surface area contributed by atoms with Crippen LogP contribution in [-0.2, 0) is 11.3 Å². The summed E-state index contributed by atoms with van der Waals surface area (Å²) in [5, 5.41) is 6.19. The molecule has 1 aliphatic rings. The number of hydrogen-bond donors (Lipinski definition) is 2. The minimum atomic E-state index is 0. The van der Waals surface area contributed by atoms with Crippen molar-refractivity contribution >= 4 is 35.8 Å². The van der Waals surface area contributed by atoms with Gasteiger partial charge in [0.15, 0.2) is 5.96 Å². The van der Waals surface area contributed by atoms with Crippen molar-refractivity contribution in [1.82, 2.24) is 15.5 Å². The molecule has 7 heteroatoms. The lowest BCUT2D eigenvalue weighted by Gasteiger charge is -2.35. The van der Waals surface area contributed by atoms with Gasteiger partial charge in [0.25, 0.3) is 5.91 Å². The van der Waals surface area contributed by atoms with Crippen LogP contribution < -0.4 is 10.6 Å². The average Bonchev–Trinajstić information content (AvgIpc) is 2.63. The molecular formula is C20H29IN4O2. The summed E-state index contributed by atoms with van der Waals surface area (Å²) in [6, 6.07) is 7.60. The summed E-state index contributed by atoms with van der Waals surface area (Å²) in [6.07, 6.45) is 5.40. The Morgan fingerprint density at radius 3 is 2.44 bits per heavy atom. The Morgan fingerprint density at radius 1 is 1.26 bits per heavy atom. The summed E-state index contributed by atoms with van der Waals surface area (Å²) >= 11 is 0. The van der Waals surface area contributed by atoms with Gasteiger partial charge >= 0.3 is 0 Å². The Labute approximate surface area is 179 Å². The second-order valence-electron chi connectivity index (χ2n) is 6.42. The lowest BCUT2D eigenvalue weighted by molar-refractivity contribution is -0.0586. The number of halogens is 1. The SMILES string of the molecule is C#CCNC(=NCc1ccc(C(=O)N2CC(C)OC(C)C2)cc1)NCC.I. The van der Waals surface area contributed by atoms with Gasteiger partial charge < -0.3 is 20.3 Å². The summed E-state index contributed by atoms with van der Waals surface area (Å²) in [5.74, 6) is 3.26. The molecule has 148 valence electrons. The monoisotopic (exact) mass is 484 g/mol. The number of ether oxygens (including phenoxy) is 1. The van der Waals surface area contributed by atoms with Crippen molar-refractivity contribution in [2.75, 3.05) is 26.2 Å². The standard InChI is InChI=1S/C20H28N4O2.HI/c1-5-11-22-20(21-6-2)23-12-17-7-9-18(10-8-17)19(25)24-13-15(3)26-16(4)14-24;/h1,7-10,15-16H,6,11-14H2,2-4H3,(H2,21,22,23);1H. The number of morpholine rings is 1. The zero-order valence-electron chi connectivity index (χ0n) is 16.2. The van der Waals surface area contributed by atoms with Crippen LogP contribution in [0.4, 0.5) is 0 Å². The number of terminal acetylenes is 1. The molecule has 0 aromatic heterocycles. The van der Waals surface area contributed by atoms with E-state index in [2.05, 4.69) is 21.5 Å². The predicted molar refractivity (Wildman–Crippen MR) is 119 cm³/mol. The first-order valence-electron chi connectivity index (χ1n) is 9.02. The average molecular weight is 484 g/mol. The molecule has 2 unspecified atom stereocenters. The maximum Gasteiger partial charge on any atom is 0.254 e. The molecule has 1 fully saturated rings. The van der Waals surface area contributed by atoms with Crippen molar-refractivity contribution in [2.24, 2.45) is 4.99 Å². The van der Waals surface area contributed by atoms with E-state index in [-0.39, 0.29) is 42.1 Å². The van der Waals surface area contributed by atoms with E-state index in [4.69, 9.17) is 11.2 Å². The highest BCUT2D eigenvalue weighted by atomic mass is 127. The van der Waals surface area contributed by atoms with E-state index in [9.17, 15) is 4.79 Å². The summed E-state index contributed by atoms with van der Waals surface area (Å²) < 4.78 is 5.69. The van der Waals surface area contributed by atoms with Crippen molar-refractivity contribution in [1.29, 1.82) is 0 Å². The molecule has 0 saturated carbocycles. The number of guanidine groups is 1. The van der Waals surface area contributed by atoms with Gasteiger partial charge in [-0.05, 0) is 38.5 Å². The first-order chi connectivity index (χ1) is 12.5. The summed E-state index contributed by atoms with van der Waals surface area (Å²) in [7, 11) is 0. The third kappa shape index (κ3) is 7.39. The fourth-order valence-corrected chi connectivity index (χ4v) is 2.93. The number of aliphatic imine (C=N–C) groups is 1. The lowest BCUT2D eigenvalue weighted by atomic mass is 10.1. The maximum atomic E-state index is 12.7. The quantitative estimate of drug-likeness (QED) is 0.291. The van der Waals surface area contributed by atoms with E-state index in [1.165, 1.54) is 0 Å². The molecule has 1 aliphatic heterocycles. The van der Waals surface area contributed by atoms with Crippen molar-refractivity contribution in [3.63, 3.8) is 0 Å². The number of benzene rings is 1. The summed E-state index contributed by atoms with van der Waals surface area (Å²) in [4.78, 5) is 19.0. The minimum Gasteiger partial charge on any atom is -0.372 e. The van der Waals surface area contributed by atoms with Gasteiger partial charge in [0.1, 0.15) is 0 Å². The van der Waals surface area contributed by atoms with E-state index < -0.39 is 0 Å². The fourth-order valence-electron chi connectivity index (χ4n) is 2.93. The topological polar surface area (TPSA) is 66.0 Å². The van der Waals surface area contributed by atoms with Gasteiger partial charge in [-0.3, -0.25) is 4.79 Å². The number of nitrogens with zero attached hydrogens (tertiary/aromatic N) is 2. The number of hydrogen-bond acceptors (Lipinski definition) is 3. The van der Waals surface area contributed by atoms with Gasteiger partial charge in [-0.2, -0.15) is 0 Å². The van der Waals surface area contributed by atoms with Crippen molar-refractivity contribution in [3.05, 3.63) is 35.4 Å². The Hall–Kier alpha value is -1.79. The predicted octanol–water partition coefficient (Wildman–Crippen LogP) is 2.24. The van der Waals surface area contributed by atoms with Gasteiger partial charge in [0.2, 0.25) is 0 Å². The molecule has 6 nitrogen and oxygen atoms in total. The van der Waals surface area contributed by atoms with Crippen LogP contribution in [0.15, 0.2) is 29.3 Å². The Morgan fingerprint density at radius 2 is 1.89 bits per heavy atom. The number of nitrogens with one attached hydrogen (secondary N) is 2. The van der Waals surface area contributed by atoms with E-state index in [1.54, 1.807) is 0 Å². The van der Waals surface area contributed by atoms with Crippen LogP contribution >= 0.6 is 24.0 Å². The van der Waals surface area contributed by atoms with Crippen LogP contribution in [0.5, 0.6) is 0 Å². The smallest absolute Gasteiger partial charge is 0.254 e. The molecule has 0 bridgehead atoms. The van der Waals surface area contributed by atoms with E-state index in [0.717, 1.165) is 12.1 Å². The first kappa shape index (κ1) is 23.2. The summed E-state index contributed by atoms with van der Waals surface area (Å²) in [6.45, 7) is 8.95. The van der Waals surface area contributed by atoms with Gasteiger partial charge in [-0.25, -0.2) is 4.99 Å². The number of amides is 1. The Balaban J connectivity index is 0.00000364. The second-order valence-corrected chi connectivity index (χ2v) is 6.42. The number of rotatable bonds is 5. The molecular weight excluding hydrogens is 455 g/mol. The van der Waals surface area contributed by atoms with E-state index in [0.29, 0.717) is 37.7 Å². The van der Waals surface area contributed by atoms with E-state index in [1.807, 2.05) is 49.9 Å². The van der Waals surface area contributed by atoms with Crippen LogP contribution in [0.25, 0.3) is 0 Å². The Bertz CT molecular complexity index is 660. The van der Waals surface area contributed by atoms with Gasteiger partial charge in [-0.15, -0.1) is 30.4 Å².